The summed E-state index contributed by atoms with van der Waals surface area (Å²) in [5, 5.41) is 3.46. The summed E-state index contributed by atoms with van der Waals surface area (Å²) in [7, 11) is 0. The average molecular weight is 365 g/mol. The monoisotopic (exact) mass is 364 g/mol. The van der Waals surface area contributed by atoms with Gasteiger partial charge in [-0.15, -0.1) is 12.4 Å². The Bertz CT molecular complexity index is 605. The minimum absolute atomic E-state index is 0. The van der Waals surface area contributed by atoms with Crippen molar-refractivity contribution in [3.8, 4) is 0 Å². The largest absolute Gasteiger partial charge is 0.342 e. The number of rotatable bonds is 4. The predicted octanol–water partition coefficient (Wildman–Crippen LogP) is 2.73. The second kappa shape index (κ2) is 9.35. The number of aldehydes is 1. The summed E-state index contributed by atoms with van der Waals surface area (Å²) in [5.74, 6) is 1.00. The molecule has 0 spiro atoms. The fourth-order valence-electron chi connectivity index (χ4n) is 4.22. The molecule has 2 atom stereocenters. The summed E-state index contributed by atoms with van der Waals surface area (Å²) in [5.41, 5.74) is 4.25. The first-order chi connectivity index (χ1) is 11.7. The number of benzene rings is 1. The van der Waals surface area contributed by atoms with Crippen LogP contribution in [0.2, 0.25) is 0 Å². The molecule has 2 aliphatic rings. The molecule has 1 N–H and O–H groups in total. The van der Waals surface area contributed by atoms with Crippen molar-refractivity contribution in [1.29, 1.82) is 0 Å². The van der Waals surface area contributed by atoms with Crippen LogP contribution in [0.4, 0.5) is 0 Å². The highest BCUT2D eigenvalue weighted by Crippen LogP contribution is 2.36. The number of fused-ring (bicyclic) bond motifs is 1. The number of carbonyl (C=O) groups is 2. The van der Waals surface area contributed by atoms with Gasteiger partial charge in [0, 0.05) is 32.4 Å². The van der Waals surface area contributed by atoms with Crippen molar-refractivity contribution in [2.45, 2.75) is 44.9 Å². The van der Waals surface area contributed by atoms with E-state index < -0.39 is 0 Å². The van der Waals surface area contributed by atoms with Crippen LogP contribution in [0.1, 0.15) is 48.8 Å². The van der Waals surface area contributed by atoms with Crippen LogP contribution in [0.5, 0.6) is 0 Å². The molecule has 0 saturated carbocycles. The van der Waals surface area contributed by atoms with Gasteiger partial charge in [0.2, 0.25) is 5.91 Å². The number of hydrogen-bond donors (Lipinski definition) is 1. The minimum atomic E-state index is 0. The van der Waals surface area contributed by atoms with Gasteiger partial charge in [0.25, 0.3) is 0 Å². The molecule has 2 heterocycles. The summed E-state index contributed by atoms with van der Waals surface area (Å²) in [6, 6.07) is 6.90. The average Bonchev–Trinajstić information content (AvgIpc) is 2.84. The first kappa shape index (κ1) is 19.9. The topological polar surface area (TPSA) is 49.4 Å². The summed E-state index contributed by atoms with van der Waals surface area (Å²) in [6.07, 6.45) is 5.74. The van der Waals surface area contributed by atoms with E-state index in [0.29, 0.717) is 18.3 Å². The van der Waals surface area contributed by atoms with Gasteiger partial charge < -0.3 is 15.0 Å². The van der Waals surface area contributed by atoms with Gasteiger partial charge in [0.05, 0.1) is 0 Å². The molecule has 0 bridgehead atoms. The molecule has 0 aliphatic carbocycles. The maximum Gasteiger partial charge on any atom is 0.219 e. The molecule has 138 valence electrons. The lowest BCUT2D eigenvalue weighted by atomic mass is 9.77. The van der Waals surface area contributed by atoms with Crippen LogP contribution in [0, 0.1) is 5.92 Å². The van der Waals surface area contributed by atoms with E-state index in [1.807, 2.05) is 4.90 Å². The van der Waals surface area contributed by atoms with Gasteiger partial charge in [0.15, 0.2) is 0 Å². The van der Waals surface area contributed by atoms with E-state index in [1.165, 1.54) is 16.7 Å². The Kier molecular flexibility index (Phi) is 7.45. The molecule has 2 unspecified atom stereocenters. The Balaban J connectivity index is 0.00000225. The van der Waals surface area contributed by atoms with E-state index in [9.17, 15) is 9.59 Å². The number of nitrogens with zero attached hydrogens (tertiary/aromatic N) is 1. The molecular formula is C20H29ClN2O2. The normalized spacial score (nSPS) is 23.2. The van der Waals surface area contributed by atoms with E-state index >= 15 is 0 Å². The van der Waals surface area contributed by atoms with Crippen molar-refractivity contribution < 1.29 is 9.59 Å². The van der Waals surface area contributed by atoms with Crippen molar-refractivity contribution in [1.82, 2.24) is 10.2 Å². The highest BCUT2D eigenvalue weighted by Gasteiger charge is 2.31. The summed E-state index contributed by atoms with van der Waals surface area (Å²) in [6.45, 7) is 5.36. The highest BCUT2D eigenvalue weighted by atomic mass is 35.5. The van der Waals surface area contributed by atoms with Crippen LogP contribution in [0.3, 0.4) is 0 Å². The number of likely N-dealkylation sites (tertiary alicyclic amines) is 1. The highest BCUT2D eigenvalue weighted by molar-refractivity contribution is 5.85. The van der Waals surface area contributed by atoms with Crippen molar-refractivity contribution in [2.24, 2.45) is 5.92 Å². The lowest BCUT2D eigenvalue weighted by Gasteiger charge is -2.38. The Morgan fingerprint density at radius 3 is 2.76 bits per heavy atom. The molecule has 2 aliphatic heterocycles. The summed E-state index contributed by atoms with van der Waals surface area (Å²) < 4.78 is 0. The number of hydrogen-bond acceptors (Lipinski definition) is 3. The zero-order chi connectivity index (χ0) is 16.9. The molecule has 1 saturated heterocycles. The summed E-state index contributed by atoms with van der Waals surface area (Å²) in [4.78, 5) is 24.6. The third kappa shape index (κ3) is 4.83. The van der Waals surface area contributed by atoms with Crippen molar-refractivity contribution in [2.75, 3.05) is 26.2 Å². The van der Waals surface area contributed by atoms with Gasteiger partial charge in [-0.05, 0) is 61.4 Å². The van der Waals surface area contributed by atoms with Crippen LogP contribution in [0.15, 0.2) is 18.2 Å². The molecular weight excluding hydrogens is 336 g/mol. The van der Waals surface area contributed by atoms with Gasteiger partial charge in [-0.2, -0.15) is 0 Å². The van der Waals surface area contributed by atoms with Crippen molar-refractivity contribution in [3.05, 3.63) is 34.9 Å². The van der Waals surface area contributed by atoms with Gasteiger partial charge >= 0.3 is 0 Å². The van der Waals surface area contributed by atoms with E-state index in [-0.39, 0.29) is 18.3 Å². The van der Waals surface area contributed by atoms with Gasteiger partial charge in [-0.1, -0.05) is 18.2 Å². The van der Waals surface area contributed by atoms with Gasteiger partial charge in [-0.25, -0.2) is 0 Å². The molecule has 0 radical (unpaired) electrons. The number of amides is 1. The van der Waals surface area contributed by atoms with Gasteiger partial charge in [-0.3, -0.25) is 4.79 Å². The van der Waals surface area contributed by atoms with Gasteiger partial charge in [0.1, 0.15) is 6.29 Å². The number of nitrogens with one attached hydrogen (secondary N) is 1. The number of halogens is 1. The van der Waals surface area contributed by atoms with E-state index in [0.717, 1.165) is 58.1 Å². The maximum absolute atomic E-state index is 11.8. The Hall–Kier alpha value is -1.39. The lowest BCUT2D eigenvalue weighted by Crippen LogP contribution is -2.41. The van der Waals surface area contributed by atoms with Crippen LogP contribution >= 0.6 is 12.4 Å². The predicted molar refractivity (Wildman–Crippen MR) is 102 cm³/mol. The van der Waals surface area contributed by atoms with E-state index in [4.69, 9.17) is 0 Å². The zero-order valence-electron chi connectivity index (χ0n) is 15.0. The van der Waals surface area contributed by atoms with Crippen molar-refractivity contribution in [3.63, 3.8) is 0 Å². The zero-order valence-corrected chi connectivity index (χ0v) is 15.8. The molecule has 1 amide bonds. The maximum atomic E-state index is 11.8. The minimum Gasteiger partial charge on any atom is -0.342 e. The molecule has 3 rings (SSSR count). The molecule has 4 nitrogen and oxygen atoms in total. The molecule has 1 aromatic rings. The number of piperidine rings is 1. The second-order valence-corrected chi connectivity index (χ2v) is 7.14. The van der Waals surface area contributed by atoms with Crippen LogP contribution in [-0.4, -0.2) is 43.3 Å². The van der Waals surface area contributed by atoms with Crippen molar-refractivity contribution >= 4 is 24.6 Å². The smallest absolute Gasteiger partial charge is 0.219 e. The Morgan fingerprint density at radius 1 is 1.28 bits per heavy atom. The van der Waals surface area contributed by atoms with Crippen LogP contribution in [-0.2, 0) is 22.4 Å². The van der Waals surface area contributed by atoms with E-state index in [1.54, 1.807) is 6.92 Å². The molecule has 5 heteroatoms. The third-order valence-electron chi connectivity index (χ3n) is 5.66. The quantitative estimate of drug-likeness (QED) is 0.836. The standard InChI is InChI=1S/C20H28N2O2.ClH/c1-15(24)22-11-8-17(3-2-12-23)20(14-22)19-5-4-16-6-9-21-10-7-18(16)13-19;/h4-5,12-13,17,20-21H,2-3,6-11,14H2,1H3;1H. The first-order valence-electron chi connectivity index (χ1n) is 9.20. The second-order valence-electron chi connectivity index (χ2n) is 7.14. The molecule has 0 aromatic heterocycles. The lowest BCUT2D eigenvalue weighted by molar-refractivity contribution is -0.130. The fourth-order valence-corrected chi connectivity index (χ4v) is 4.22. The third-order valence-corrected chi connectivity index (χ3v) is 5.66. The molecule has 1 aromatic carbocycles. The Labute approximate surface area is 156 Å². The van der Waals surface area contributed by atoms with E-state index in [2.05, 4.69) is 23.5 Å². The Morgan fingerprint density at radius 2 is 2.04 bits per heavy atom. The molecule has 25 heavy (non-hydrogen) atoms. The van der Waals surface area contributed by atoms with Crippen LogP contribution < -0.4 is 5.32 Å². The van der Waals surface area contributed by atoms with Crippen LogP contribution in [0.25, 0.3) is 0 Å². The SMILES string of the molecule is CC(=O)N1CCC(CCC=O)C(c2ccc3c(c2)CCNCC3)C1.Cl. The first-order valence-corrected chi connectivity index (χ1v) is 9.20. The molecule has 1 fully saturated rings. The summed E-state index contributed by atoms with van der Waals surface area (Å²) >= 11 is 0. The number of carbonyl (C=O) groups excluding carboxylic acids is 2. The fraction of sp³-hybridized carbons (Fsp3) is 0.600.